The van der Waals surface area contributed by atoms with Gasteiger partial charge in [-0.1, -0.05) is 96.5 Å². The van der Waals surface area contributed by atoms with Gasteiger partial charge in [0, 0.05) is 33.2 Å². The summed E-state index contributed by atoms with van der Waals surface area (Å²) in [5.41, 5.74) is 5.87. The van der Waals surface area contributed by atoms with E-state index in [1.807, 2.05) is 108 Å². The van der Waals surface area contributed by atoms with Gasteiger partial charge in [-0.3, -0.25) is 9.97 Å². The van der Waals surface area contributed by atoms with Gasteiger partial charge in [-0.05, 0) is 32.6 Å². The summed E-state index contributed by atoms with van der Waals surface area (Å²) in [5.74, 6) is 0. The molecule has 10 heteroatoms. The summed E-state index contributed by atoms with van der Waals surface area (Å²) < 4.78 is 0. The number of benzene rings is 4. The van der Waals surface area contributed by atoms with Crippen LogP contribution < -0.4 is 9.97 Å². The van der Waals surface area contributed by atoms with Crippen molar-refractivity contribution in [2.24, 2.45) is 0 Å². The molecule has 0 saturated heterocycles. The van der Waals surface area contributed by atoms with Crippen LogP contribution in [0.5, 0.6) is 0 Å². The Kier molecular flexibility index (Phi) is 13.5. The number of aromatic nitrogens is 6. The molecular formula is C40H26N6Pt2S2. The Hall–Kier alpha value is -4.58. The minimum atomic E-state index is 0. The van der Waals surface area contributed by atoms with E-state index < -0.39 is 0 Å². The van der Waals surface area contributed by atoms with Crippen LogP contribution in [0.15, 0.2) is 157 Å². The molecule has 0 aliphatic carbocycles. The molecule has 0 aliphatic heterocycles. The third-order valence-corrected chi connectivity index (χ3v) is 8.77. The largest absolute Gasteiger partial charge is 2.00 e. The first-order valence-electron chi connectivity index (χ1n) is 15.1. The van der Waals surface area contributed by atoms with Crippen molar-refractivity contribution in [1.82, 2.24) is 29.9 Å². The zero-order chi connectivity index (χ0) is 32.4. The number of fused-ring (bicyclic) bond motifs is 6. The van der Waals surface area contributed by atoms with Gasteiger partial charge in [-0.15, -0.1) is 71.8 Å². The Morgan fingerprint density at radius 3 is 1.24 bits per heavy atom. The number of para-hydroxylation sites is 2. The van der Waals surface area contributed by atoms with Crippen molar-refractivity contribution in [3.05, 3.63) is 169 Å². The van der Waals surface area contributed by atoms with Crippen LogP contribution in [0.25, 0.3) is 65.0 Å². The number of nitrogens with zero attached hydrogens (tertiary/aromatic N) is 6. The number of pyridine rings is 2. The summed E-state index contributed by atoms with van der Waals surface area (Å²) in [5, 5.41) is 10.6. The molecule has 0 aliphatic rings. The Morgan fingerprint density at radius 1 is 0.420 bits per heavy atom. The van der Waals surface area contributed by atoms with Crippen LogP contribution in [0, 0.1) is 12.1 Å². The Morgan fingerprint density at radius 2 is 0.840 bits per heavy atom. The molecule has 10 rings (SSSR count). The second-order valence-electron chi connectivity index (χ2n) is 10.2. The topological polar surface area (TPSA) is 79.8 Å². The molecule has 6 aromatic heterocycles. The number of hydrogen-bond acceptors (Lipinski definition) is 6. The average molecular weight is 1040 g/mol. The quantitative estimate of drug-likeness (QED) is 0.161. The molecule has 0 atom stereocenters. The van der Waals surface area contributed by atoms with Crippen molar-refractivity contribution in [3.63, 3.8) is 0 Å². The minimum absolute atomic E-state index is 0. The summed E-state index contributed by atoms with van der Waals surface area (Å²) in [6.07, 6.45) is 7.16. The maximum atomic E-state index is 4.40. The van der Waals surface area contributed by atoms with Crippen molar-refractivity contribution >= 4 is 66.5 Å². The fourth-order valence-corrected chi connectivity index (χ4v) is 6.24. The normalized spacial score (nSPS) is 10.1. The average Bonchev–Trinajstić information content (AvgIpc) is 4.00. The van der Waals surface area contributed by atoms with Crippen LogP contribution in [-0.4, -0.2) is 19.9 Å². The van der Waals surface area contributed by atoms with Crippen molar-refractivity contribution in [2.45, 2.75) is 0 Å². The maximum absolute atomic E-state index is 4.40. The molecule has 50 heavy (non-hydrogen) atoms. The minimum Gasteiger partial charge on any atom is -0.442 e. The van der Waals surface area contributed by atoms with Gasteiger partial charge in [0.15, 0.2) is 0 Å². The third-order valence-electron chi connectivity index (χ3n) is 7.16. The first-order chi connectivity index (χ1) is 23.8. The van der Waals surface area contributed by atoms with E-state index >= 15 is 0 Å². The molecule has 0 N–H and O–H groups in total. The standard InChI is InChI=1S/2C11H7N2.2C9H6NS.2Pt/c2*1-2-6-10-8(4-1)9-5-3-7-12-11(9)13-10;2*1-2-4-8(5-3-1)9-10-6-7-11-9;;/h2*1-7H;2*1-4,6-7H;;/q4*-1;2*+2. The molecule has 0 fully saturated rings. The first kappa shape index (κ1) is 36.7. The van der Waals surface area contributed by atoms with Gasteiger partial charge < -0.3 is 19.9 Å². The molecule has 0 amide bonds. The molecule has 0 unspecified atom stereocenters. The van der Waals surface area contributed by atoms with E-state index in [4.69, 9.17) is 0 Å². The van der Waals surface area contributed by atoms with Crippen LogP contribution in [0.1, 0.15) is 0 Å². The molecule has 248 valence electrons. The van der Waals surface area contributed by atoms with Crippen molar-refractivity contribution in [3.8, 4) is 21.1 Å². The molecule has 0 radical (unpaired) electrons. The van der Waals surface area contributed by atoms with Crippen LogP contribution >= 0.6 is 22.7 Å². The van der Waals surface area contributed by atoms with E-state index in [1.54, 1.807) is 47.5 Å². The Labute approximate surface area is 326 Å². The van der Waals surface area contributed by atoms with Crippen molar-refractivity contribution in [2.75, 3.05) is 0 Å². The van der Waals surface area contributed by atoms with Crippen LogP contribution in [0.3, 0.4) is 0 Å². The fraction of sp³-hybridized carbons (Fsp3) is 0. The van der Waals surface area contributed by atoms with E-state index in [0.717, 1.165) is 54.2 Å². The smallest absolute Gasteiger partial charge is 0.442 e. The van der Waals surface area contributed by atoms with E-state index in [-0.39, 0.29) is 42.1 Å². The predicted molar refractivity (Wildman–Crippen MR) is 198 cm³/mol. The SMILES string of the molecule is [Pt+2].[Pt+2].[c-]1ccccc1-c1nccs1.[c-]1ccccc1-c1nccs1.c1ccc2c(c1)[n-]c1ncccc12.c1ccc2c(c1)[n-]c1ncccc12. The van der Waals surface area contributed by atoms with Gasteiger partial charge in [0.05, 0.1) is 0 Å². The molecule has 0 saturated carbocycles. The fourth-order valence-electron chi connectivity index (χ4n) is 4.98. The zero-order valence-electron chi connectivity index (χ0n) is 26.1. The molecule has 10 aromatic rings. The Balaban J connectivity index is 0.000000128. The van der Waals surface area contributed by atoms with Crippen molar-refractivity contribution < 1.29 is 42.1 Å². The summed E-state index contributed by atoms with van der Waals surface area (Å²) >= 11 is 3.27. The Bertz CT molecular complexity index is 2190. The first-order valence-corrected chi connectivity index (χ1v) is 16.8. The monoisotopic (exact) mass is 1040 g/mol. The molecule has 0 bridgehead atoms. The van der Waals surface area contributed by atoms with Gasteiger partial charge in [-0.2, -0.15) is 22.7 Å². The summed E-state index contributed by atoms with van der Waals surface area (Å²) in [4.78, 5) is 25.6. The predicted octanol–water partition coefficient (Wildman–Crippen LogP) is 9.91. The van der Waals surface area contributed by atoms with E-state index in [9.17, 15) is 0 Å². The van der Waals surface area contributed by atoms with E-state index in [1.165, 1.54) is 10.8 Å². The van der Waals surface area contributed by atoms with Crippen LogP contribution in [0.4, 0.5) is 0 Å². The second-order valence-corrected chi connectivity index (χ2v) is 12.0. The van der Waals surface area contributed by atoms with Gasteiger partial charge in [-0.25, -0.2) is 0 Å². The molecule has 6 nitrogen and oxygen atoms in total. The van der Waals surface area contributed by atoms with E-state index in [2.05, 4.69) is 66.3 Å². The zero-order valence-corrected chi connectivity index (χ0v) is 32.3. The maximum Gasteiger partial charge on any atom is 2.00 e. The summed E-state index contributed by atoms with van der Waals surface area (Å²) in [6.45, 7) is 0. The van der Waals surface area contributed by atoms with Gasteiger partial charge in [0.2, 0.25) is 0 Å². The van der Waals surface area contributed by atoms with Gasteiger partial charge in [0.1, 0.15) is 0 Å². The second kappa shape index (κ2) is 18.4. The number of thiazole rings is 2. The molecule has 4 aromatic carbocycles. The van der Waals surface area contributed by atoms with Crippen LogP contribution in [0.2, 0.25) is 0 Å². The number of rotatable bonds is 2. The van der Waals surface area contributed by atoms with Gasteiger partial charge >= 0.3 is 42.1 Å². The summed E-state index contributed by atoms with van der Waals surface area (Å²) in [6, 6.07) is 46.2. The molecule has 6 heterocycles. The molecular weight excluding hydrogens is 1020 g/mol. The molecule has 0 spiro atoms. The number of hydrogen-bond donors (Lipinski definition) is 0. The summed E-state index contributed by atoms with van der Waals surface area (Å²) in [7, 11) is 0. The van der Waals surface area contributed by atoms with Gasteiger partial charge in [0.25, 0.3) is 0 Å². The third kappa shape index (κ3) is 8.95. The van der Waals surface area contributed by atoms with Crippen LogP contribution in [-0.2, 0) is 42.1 Å². The van der Waals surface area contributed by atoms with Crippen molar-refractivity contribution in [1.29, 1.82) is 0 Å². The van der Waals surface area contributed by atoms with E-state index in [0.29, 0.717) is 0 Å².